The lowest BCUT2D eigenvalue weighted by Crippen LogP contribution is -2.16. The van der Waals surface area contributed by atoms with E-state index in [9.17, 15) is 0 Å². The van der Waals surface area contributed by atoms with Crippen molar-refractivity contribution < 1.29 is 0 Å². The molecule has 0 radical (unpaired) electrons. The molecule has 2 rings (SSSR count). The van der Waals surface area contributed by atoms with Gasteiger partial charge in [0.2, 0.25) is 0 Å². The Morgan fingerprint density at radius 2 is 2.38 bits per heavy atom. The van der Waals surface area contributed by atoms with Gasteiger partial charge in [-0.2, -0.15) is 0 Å². The van der Waals surface area contributed by atoms with Crippen molar-refractivity contribution in [1.29, 1.82) is 0 Å². The Balaban J connectivity index is 2.26. The molecule has 3 heteroatoms. The molecule has 0 spiro atoms. The van der Waals surface area contributed by atoms with Crippen molar-refractivity contribution in [2.24, 2.45) is 11.7 Å². The van der Waals surface area contributed by atoms with Gasteiger partial charge in [-0.05, 0) is 46.8 Å². The summed E-state index contributed by atoms with van der Waals surface area (Å²) in [6, 6.07) is 3.97. The van der Waals surface area contributed by atoms with Gasteiger partial charge in [0.05, 0.1) is 5.69 Å². The first kappa shape index (κ1) is 9.16. The summed E-state index contributed by atoms with van der Waals surface area (Å²) in [6.07, 6.45) is 4.46. The van der Waals surface area contributed by atoms with Crippen molar-refractivity contribution in [3.63, 3.8) is 0 Å². The Hall–Kier alpha value is -0.410. The van der Waals surface area contributed by atoms with E-state index in [-0.39, 0.29) is 0 Å². The Kier molecular flexibility index (Phi) is 2.65. The van der Waals surface area contributed by atoms with E-state index >= 15 is 0 Å². The van der Waals surface area contributed by atoms with Crippen LogP contribution >= 0.6 is 15.9 Å². The number of halogens is 1. The van der Waals surface area contributed by atoms with E-state index < -0.39 is 0 Å². The summed E-state index contributed by atoms with van der Waals surface area (Å²) in [6.45, 7) is 0.709. The highest BCUT2D eigenvalue weighted by Gasteiger charge is 2.32. The van der Waals surface area contributed by atoms with Gasteiger partial charge in [0, 0.05) is 23.1 Å². The Labute approximate surface area is 86.7 Å². The molecule has 1 saturated carbocycles. The lowest BCUT2D eigenvalue weighted by molar-refractivity contribution is 0.596. The summed E-state index contributed by atoms with van der Waals surface area (Å²) in [5.74, 6) is 1.23. The summed E-state index contributed by atoms with van der Waals surface area (Å²) in [5, 5.41) is 0. The average molecular weight is 241 g/mol. The molecule has 2 N–H and O–H groups in total. The summed E-state index contributed by atoms with van der Waals surface area (Å²) in [4.78, 5) is 4.38. The molecule has 2 nitrogen and oxygen atoms in total. The van der Waals surface area contributed by atoms with Crippen LogP contribution in [0.25, 0.3) is 0 Å². The number of rotatable bonds is 3. The average Bonchev–Trinajstić information content (AvgIpc) is 2.93. The molecule has 1 aliphatic carbocycles. The van der Waals surface area contributed by atoms with Gasteiger partial charge in [0.1, 0.15) is 0 Å². The zero-order valence-corrected chi connectivity index (χ0v) is 9.00. The van der Waals surface area contributed by atoms with Crippen LogP contribution in [0, 0.1) is 5.92 Å². The molecule has 70 valence electrons. The molecule has 13 heavy (non-hydrogen) atoms. The Bertz CT molecular complexity index is 297. The van der Waals surface area contributed by atoms with Gasteiger partial charge in [-0.15, -0.1) is 0 Å². The van der Waals surface area contributed by atoms with Gasteiger partial charge >= 0.3 is 0 Å². The second kappa shape index (κ2) is 3.76. The summed E-state index contributed by atoms with van der Waals surface area (Å²) in [7, 11) is 0. The molecule has 1 heterocycles. The first-order chi connectivity index (χ1) is 6.33. The topological polar surface area (TPSA) is 38.9 Å². The minimum absolute atomic E-state index is 0.454. The molecule has 0 aromatic carbocycles. The van der Waals surface area contributed by atoms with Gasteiger partial charge in [0.15, 0.2) is 0 Å². The van der Waals surface area contributed by atoms with Gasteiger partial charge < -0.3 is 5.73 Å². The van der Waals surface area contributed by atoms with E-state index in [1.54, 1.807) is 0 Å². The normalized spacial score (nSPS) is 18.6. The maximum Gasteiger partial charge on any atom is 0.0591 e. The molecular formula is C10H13BrN2. The standard InChI is InChI=1S/C10H13BrN2/c11-9-2-1-5-13-10(9)8(6-12)7-3-4-7/h1-2,5,7-8H,3-4,6,12H2. The van der Waals surface area contributed by atoms with Crippen molar-refractivity contribution in [3.8, 4) is 0 Å². The molecule has 1 atom stereocenters. The zero-order valence-electron chi connectivity index (χ0n) is 7.41. The lowest BCUT2D eigenvalue weighted by Gasteiger charge is -2.14. The lowest BCUT2D eigenvalue weighted by atomic mass is 9.99. The predicted octanol–water partition coefficient (Wildman–Crippen LogP) is 2.30. The van der Waals surface area contributed by atoms with Crippen molar-refractivity contribution >= 4 is 15.9 Å². The second-order valence-corrected chi connectivity index (χ2v) is 4.40. The van der Waals surface area contributed by atoms with E-state index in [0.29, 0.717) is 12.5 Å². The summed E-state index contributed by atoms with van der Waals surface area (Å²) >= 11 is 3.52. The van der Waals surface area contributed by atoms with Crippen LogP contribution in [0.4, 0.5) is 0 Å². The quantitative estimate of drug-likeness (QED) is 0.881. The smallest absolute Gasteiger partial charge is 0.0591 e. The van der Waals surface area contributed by atoms with Crippen molar-refractivity contribution in [3.05, 3.63) is 28.5 Å². The predicted molar refractivity (Wildman–Crippen MR) is 56.5 cm³/mol. The highest BCUT2D eigenvalue weighted by atomic mass is 79.9. The van der Waals surface area contributed by atoms with E-state index in [0.717, 1.165) is 16.1 Å². The van der Waals surface area contributed by atoms with Crippen LogP contribution in [0.3, 0.4) is 0 Å². The summed E-state index contributed by atoms with van der Waals surface area (Å²) < 4.78 is 1.09. The molecule has 0 amide bonds. The third kappa shape index (κ3) is 1.92. The Morgan fingerprint density at radius 1 is 1.62 bits per heavy atom. The van der Waals surface area contributed by atoms with Crippen LogP contribution in [-0.4, -0.2) is 11.5 Å². The molecule has 0 bridgehead atoms. The first-order valence-corrected chi connectivity index (χ1v) is 5.42. The molecule has 0 saturated heterocycles. The van der Waals surface area contributed by atoms with Crippen LogP contribution < -0.4 is 5.73 Å². The number of hydrogen-bond donors (Lipinski definition) is 1. The van der Waals surface area contributed by atoms with Crippen LogP contribution in [0.1, 0.15) is 24.5 Å². The minimum atomic E-state index is 0.454. The monoisotopic (exact) mass is 240 g/mol. The second-order valence-electron chi connectivity index (χ2n) is 3.55. The van der Waals surface area contributed by atoms with Crippen LogP contribution in [-0.2, 0) is 0 Å². The van der Waals surface area contributed by atoms with Crippen LogP contribution in [0.5, 0.6) is 0 Å². The minimum Gasteiger partial charge on any atom is -0.330 e. The molecule has 1 aliphatic rings. The third-order valence-electron chi connectivity index (χ3n) is 2.58. The van der Waals surface area contributed by atoms with Crippen molar-refractivity contribution in [2.75, 3.05) is 6.54 Å². The van der Waals surface area contributed by atoms with Gasteiger partial charge in [-0.25, -0.2) is 0 Å². The highest BCUT2D eigenvalue weighted by Crippen LogP contribution is 2.42. The fourth-order valence-corrected chi connectivity index (χ4v) is 2.25. The molecule has 1 fully saturated rings. The SMILES string of the molecule is NCC(c1ncccc1Br)C1CC1. The number of aromatic nitrogens is 1. The molecule has 1 aromatic heterocycles. The Morgan fingerprint density at radius 3 is 2.92 bits per heavy atom. The van der Waals surface area contributed by atoms with E-state index in [1.807, 2.05) is 18.3 Å². The van der Waals surface area contributed by atoms with Gasteiger partial charge in [-0.1, -0.05) is 0 Å². The van der Waals surface area contributed by atoms with E-state index in [2.05, 4.69) is 20.9 Å². The number of pyridine rings is 1. The number of hydrogen-bond acceptors (Lipinski definition) is 2. The molecular weight excluding hydrogens is 228 g/mol. The number of nitrogens with two attached hydrogens (primary N) is 1. The number of nitrogens with zero attached hydrogens (tertiary/aromatic N) is 1. The van der Waals surface area contributed by atoms with Gasteiger partial charge in [-0.3, -0.25) is 4.98 Å². The highest BCUT2D eigenvalue weighted by molar-refractivity contribution is 9.10. The summed E-state index contributed by atoms with van der Waals surface area (Å²) in [5.41, 5.74) is 6.89. The van der Waals surface area contributed by atoms with Crippen molar-refractivity contribution in [2.45, 2.75) is 18.8 Å². The first-order valence-electron chi connectivity index (χ1n) is 4.63. The van der Waals surface area contributed by atoms with Crippen molar-refractivity contribution in [1.82, 2.24) is 4.98 Å². The van der Waals surface area contributed by atoms with Crippen LogP contribution in [0.15, 0.2) is 22.8 Å². The molecule has 1 unspecified atom stereocenters. The zero-order chi connectivity index (χ0) is 9.26. The third-order valence-corrected chi connectivity index (χ3v) is 3.25. The fourth-order valence-electron chi connectivity index (χ4n) is 1.70. The van der Waals surface area contributed by atoms with E-state index in [4.69, 9.17) is 5.73 Å². The molecule has 0 aliphatic heterocycles. The van der Waals surface area contributed by atoms with Gasteiger partial charge in [0.25, 0.3) is 0 Å². The maximum absolute atomic E-state index is 5.75. The molecule has 1 aromatic rings. The van der Waals surface area contributed by atoms with E-state index in [1.165, 1.54) is 12.8 Å². The fraction of sp³-hybridized carbons (Fsp3) is 0.500. The van der Waals surface area contributed by atoms with Crippen LogP contribution in [0.2, 0.25) is 0 Å². The maximum atomic E-state index is 5.75. The largest absolute Gasteiger partial charge is 0.330 e.